The molecule has 0 saturated heterocycles. The Morgan fingerprint density at radius 3 is 2.43 bits per heavy atom. The topological polar surface area (TPSA) is 59.0 Å². The van der Waals surface area contributed by atoms with Crippen molar-refractivity contribution in [3.63, 3.8) is 0 Å². The molecule has 2 aromatic rings. The number of halogens is 3. The summed E-state index contributed by atoms with van der Waals surface area (Å²) < 4.78 is 38.3. The van der Waals surface area contributed by atoms with Crippen LogP contribution in [-0.2, 0) is 12.7 Å². The summed E-state index contributed by atoms with van der Waals surface area (Å²) in [5, 5.41) is 8.66. The quantitative estimate of drug-likeness (QED) is 0.905. The smallest absolute Gasteiger partial charge is 0.336 e. The maximum atomic E-state index is 12.4. The van der Waals surface area contributed by atoms with Gasteiger partial charge in [-0.15, -0.1) is 0 Å². The van der Waals surface area contributed by atoms with Gasteiger partial charge in [0.05, 0.1) is 6.54 Å². The maximum Gasteiger partial charge on any atom is 0.435 e. The molecular weight excluding hydrogens is 309 g/mol. The van der Waals surface area contributed by atoms with Gasteiger partial charge in [0.2, 0.25) is 0 Å². The minimum absolute atomic E-state index is 0.149. The van der Waals surface area contributed by atoms with Gasteiger partial charge in [0.25, 0.3) is 0 Å². The standard InChI is InChI=1S/C15H17F3N4O/c1-10-7-11(2)9-12(8-10)20-14(23)19-4-6-22-5-3-13(21-22)15(16,17)18/h3,5,7-9H,4,6H2,1-2H3,(H2,19,20,23). The molecule has 1 heterocycles. The molecule has 0 fully saturated rings. The van der Waals surface area contributed by atoms with Crippen LogP contribution >= 0.6 is 0 Å². The van der Waals surface area contributed by atoms with Gasteiger partial charge < -0.3 is 10.6 Å². The summed E-state index contributed by atoms with van der Waals surface area (Å²) in [5.74, 6) is 0. The molecule has 2 N–H and O–H groups in total. The second-order valence-corrected chi connectivity index (χ2v) is 5.22. The number of benzene rings is 1. The van der Waals surface area contributed by atoms with Crippen molar-refractivity contribution in [1.29, 1.82) is 0 Å². The first-order chi connectivity index (χ1) is 10.7. The number of nitrogens with zero attached hydrogens (tertiary/aromatic N) is 2. The molecule has 0 spiro atoms. The molecule has 5 nitrogen and oxygen atoms in total. The van der Waals surface area contributed by atoms with Crippen molar-refractivity contribution in [2.45, 2.75) is 26.6 Å². The van der Waals surface area contributed by atoms with Crippen LogP contribution < -0.4 is 10.6 Å². The van der Waals surface area contributed by atoms with E-state index < -0.39 is 17.9 Å². The highest BCUT2D eigenvalue weighted by Crippen LogP contribution is 2.27. The van der Waals surface area contributed by atoms with E-state index in [1.165, 1.54) is 6.20 Å². The summed E-state index contributed by atoms with van der Waals surface area (Å²) in [7, 11) is 0. The molecule has 0 aliphatic carbocycles. The summed E-state index contributed by atoms with van der Waals surface area (Å²) >= 11 is 0. The lowest BCUT2D eigenvalue weighted by molar-refractivity contribution is -0.141. The van der Waals surface area contributed by atoms with Crippen molar-refractivity contribution >= 4 is 11.7 Å². The summed E-state index contributed by atoms with van der Waals surface area (Å²) in [4.78, 5) is 11.8. The van der Waals surface area contributed by atoms with E-state index >= 15 is 0 Å². The van der Waals surface area contributed by atoms with Crippen LogP contribution in [0.15, 0.2) is 30.5 Å². The van der Waals surface area contributed by atoms with E-state index in [9.17, 15) is 18.0 Å². The fourth-order valence-corrected chi connectivity index (χ4v) is 2.14. The van der Waals surface area contributed by atoms with Gasteiger partial charge in [-0.1, -0.05) is 6.07 Å². The van der Waals surface area contributed by atoms with Gasteiger partial charge in [0, 0.05) is 18.4 Å². The lowest BCUT2D eigenvalue weighted by atomic mass is 10.1. The van der Waals surface area contributed by atoms with Crippen LogP contribution in [0, 0.1) is 13.8 Å². The van der Waals surface area contributed by atoms with Crippen molar-refractivity contribution in [2.75, 3.05) is 11.9 Å². The summed E-state index contributed by atoms with van der Waals surface area (Å²) in [6.07, 6.45) is -3.23. The number of alkyl halides is 3. The Kier molecular flexibility index (Phi) is 4.92. The number of nitrogens with one attached hydrogen (secondary N) is 2. The average molecular weight is 326 g/mol. The number of aromatic nitrogens is 2. The van der Waals surface area contributed by atoms with E-state index in [0.29, 0.717) is 5.69 Å². The van der Waals surface area contributed by atoms with Gasteiger partial charge >= 0.3 is 12.2 Å². The minimum Gasteiger partial charge on any atom is -0.336 e. The van der Waals surface area contributed by atoms with Crippen molar-refractivity contribution < 1.29 is 18.0 Å². The molecule has 8 heteroatoms. The zero-order valence-electron chi connectivity index (χ0n) is 12.7. The molecule has 23 heavy (non-hydrogen) atoms. The van der Waals surface area contributed by atoms with Crippen LogP contribution in [0.3, 0.4) is 0 Å². The highest BCUT2D eigenvalue weighted by molar-refractivity contribution is 5.89. The lowest BCUT2D eigenvalue weighted by Gasteiger charge is -2.09. The van der Waals surface area contributed by atoms with Crippen molar-refractivity contribution in [2.24, 2.45) is 0 Å². The molecule has 1 aromatic heterocycles. The molecule has 0 radical (unpaired) electrons. The Morgan fingerprint density at radius 1 is 1.22 bits per heavy atom. The summed E-state index contributed by atoms with van der Waals surface area (Å²) in [5.41, 5.74) is 1.77. The minimum atomic E-state index is -4.46. The highest BCUT2D eigenvalue weighted by Gasteiger charge is 2.33. The largest absolute Gasteiger partial charge is 0.435 e. The monoisotopic (exact) mass is 326 g/mol. The normalized spacial score (nSPS) is 11.3. The zero-order chi connectivity index (χ0) is 17.0. The van der Waals surface area contributed by atoms with Crippen molar-refractivity contribution in [3.8, 4) is 0 Å². The van der Waals surface area contributed by atoms with Gasteiger partial charge in [0.1, 0.15) is 0 Å². The Labute approximate surface area is 131 Å². The Bertz CT molecular complexity index is 674. The molecule has 0 atom stereocenters. The number of anilines is 1. The molecule has 1 aromatic carbocycles. The number of rotatable bonds is 4. The predicted octanol–water partition coefficient (Wildman–Crippen LogP) is 3.34. The van der Waals surface area contributed by atoms with E-state index in [0.717, 1.165) is 21.9 Å². The van der Waals surface area contributed by atoms with Gasteiger partial charge in [-0.25, -0.2) is 4.79 Å². The molecule has 0 aliphatic rings. The Hall–Kier alpha value is -2.51. The number of carbonyl (C=O) groups is 1. The molecule has 2 rings (SSSR count). The number of carbonyl (C=O) groups excluding carboxylic acids is 1. The molecule has 2 amide bonds. The molecule has 0 aliphatic heterocycles. The summed E-state index contributed by atoms with van der Waals surface area (Å²) in [6.45, 7) is 4.16. The second-order valence-electron chi connectivity index (χ2n) is 5.22. The molecule has 0 saturated carbocycles. The number of urea groups is 1. The van der Waals surface area contributed by atoms with Crippen LogP contribution in [0.2, 0.25) is 0 Å². The SMILES string of the molecule is Cc1cc(C)cc(NC(=O)NCCn2ccc(C(F)(F)F)n2)c1. The van der Waals surface area contributed by atoms with Gasteiger partial charge in [-0.2, -0.15) is 18.3 Å². The van der Waals surface area contributed by atoms with E-state index in [2.05, 4.69) is 15.7 Å². The fourth-order valence-electron chi connectivity index (χ4n) is 2.14. The first-order valence-electron chi connectivity index (χ1n) is 6.98. The molecule has 124 valence electrons. The number of hydrogen-bond acceptors (Lipinski definition) is 2. The molecule has 0 bridgehead atoms. The van der Waals surface area contributed by atoms with Crippen molar-refractivity contribution in [1.82, 2.24) is 15.1 Å². The third-order valence-electron chi connectivity index (χ3n) is 3.04. The maximum absolute atomic E-state index is 12.4. The highest BCUT2D eigenvalue weighted by atomic mass is 19.4. The third kappa shape index (κ3) is 5.01. The van der Waals surface area contributed by atoms with Crippen LogP contribution in [0.25, 0.3) is 0 Å². The van der Waals surface area contributed by atoms with E-state index in [4.69, 9.17) is 0 Å². The number of hydrogen-bond donors (Lipinski definition) is 2. The molecular formula is C15H17F3N4O. The molecule has 0 unspecified atom stereocenters. The van der Waals surface area contributed by atoms with Gasteiger partial charge in [-0.3, -0.25) is 4.68 Å². The number of amides is 2. The Morgan fingerprint density at radius 2 is 1.87 bits per heavy atom. The predicted molar refractivity (Wildman–Crippen MR) is 80.2 cm³/mol. The first kappa shape index (κ1) is 16.9. The van der Waals surface area contributed by atoms with Gasteiger partial charge in [0.15, 0.2) is 5.69 Å². The summed E-state index contributed by atoms with van der Waals surface area (Å²) in [6, 6.07) is 6.12. The first-order valence-corrected chi connectivity index (χ1v) is 6.98. The van der Waals surface area contributed by atoms with E-state index in [1.807, 2.05) is 32.0 Å². The van der Waals surface area contributed by atoms with E-state index in [1.54, 1.807) is 0 Å². The fraction of sp³-hybridized carbons (Fsp3) is 0.333. The van der Waals surface area contributed by atoms with Crippen molar-refractivity contribution in [3.05, 3.63) is 47.3 Å². The average Bonchev–Trinajstić information content (AvgIpc) is 2.86. The Balaban J connectivity index is 1.82. The van der Waals surface area contributed by atoms with Crippen LogP contribution in [0.4, 0.5) is 23.7 Å². The zero-order valence-corrected chi connectivity index (χ0v) is 12.7. The third-order valence-corrected chi connectivity index (χ3v) is 3.04. The lowest BCUT2D eigenvalue weighted by Crippen LogP contribution is -2.31. The van der Waals surface area contributed by atoms with Crippen LogP contribution in [0.5, 0.6) is 0 Å². The van der Waals surface area contributed by atoms with Crippen LogP contribution in [-0.4, -0.2) is 22.4 Å². The second kappa shape index (κ2) is 6.72. The number of aryl methyl sites for hydroxylation is 2. The van der Waals surface area contributed by atoms with Gasteiger partial charge in [-0.05, 0) is 43.2 Å². The van der Waals surface area contributed by atoms with Crippen LogP contribution in [0.1, 0.15) is 16.8 Å². The van der Waals surface area contributed by atoms with E-state index in [-0.39, 0.29) is 13.1 Å².